The normalized spacial score (nSPS) is 22.2. The molecule has 32 heavy (non-hydrogen) atoms. The van der Waals surface area contributed by atoms with Gasteiger partial charge < -0.3 is 9.64 Å². The van der Waals surface area contributed by atoms with Crippen LogP contribution in [0.3, 0.4) is 0 Å². The first-order chi connectivity index (χ1) is 14.8. The maximum Gasteiger partial charge on any atom is 0.417 e. The zero-order valence-corrected chi connectivity index (χ0v) is 21.9. The van der Waals surface area contributed by atoms with Crippen LogP contribution >= 0.6 is 11.8 Å². The van der Waals surface area contributed by atoms with E-state index < -0.39 is 17.7 Å². The van der Waals surface area contributed by atoms with Crippen LogP contribution in [0.5, 0.6) is 0 Å². The Labute approximate surface area is 197 Å². The Morgan fingerprint density at radius 1 is 1.09 bits per heavy atom. The van der Waals surface area contributed by atoms with Crippen molar-refractivity contribution >= 4 is 17.7 Å². The summed E-state index contributed by atoms with van der Waals surface area (Å²) in [6, 6.07) is 0.308. The number of carbonyl (C=O) groups is 1. The minimum absolute atomic E-state index is 0.0285. The third-order valence-electron chi connectivity index (χ3n) is 7.67. The van der Waals surface area contributed by atoms with Crippen LogP contribution < -0.4 is 0 Å². The van der Waals surface area contributed by atoms with E-state index in [0.717, 1.165) is 19.3 Å². The summed E-state index contributed by atoms with van der Waals surface area (Å²) in [5.41, 5.74) is -2.27. The number of nitrogens with zero attached hydrogens (tertiary/aromatic N) is 1. The van der Waals surface area contributed by atoms with Gasteiger partial charge in [-0.15, -0.1) is 0 Å². The van der Waals surface area contributed by atoms with E-state index in [1.807, 2.05) is 38.9 Å². The standard InChI is InChI=1S/C25H44F3NO2S/c1-8-18(15-29(17(3)30)21-12-13-21)22(32-7)16-31-24(20-10-11-20,25(26,27)28)14-19(9-2)23(4,5)6/h18-22H,8-16H2,1-7H3/t18-,19-,22?,24?/m0/s1. The van der Waals surface area contributed by atoms with Crippen molar-refractivity contribution in [1.29, 1.82) is 0 Å². The van der Waals surface area contributed by atoms with Crippen molar-refractivity contribution in [2.75, 3.05) is 19.4 Å². The number of alkyl halides is 3. The summed E-state index contributed by atoms with van der Waals surface area (Å²) in [5.74, 6) is -0.335. The first-order valence-corrected chi connectivity index (χ1v) is 13.6. The summed E-state index contributed by atoms with van der Waals surface area (Å²) in [5, 5.41) is -0.0733. The first-order valence-electron chi connectivity index (χ1n) is 12.3. The van der Waals surface area contributed by atoms with Gasteiger partial charge in [0.2, 0.25) is 5.91 Å². The average molecular weight is 480 g/mol. The molecule has 2 aliphatic rings. The molecule has 0 aromatic rings. The van der Waals surface area contributed by atoms with E-state index >= 15 is 0 Å². The molecule has 0 saturated heterocycles. The van der Waals surface area contributed by atoms with Crippen molar-refractivity contribution in [2.45, 2.75) is 110 Å². The highest BCUT2D eigenvalue weighted by Gasteiger charge is 2.64. The van der Waals surface area contributed by atoms with Crippen molar-refractivity contribution in [2.24, 2.45) is 23.2 Å². The van der Waals surface area contributed by atoms with Gasteiger partial charge in [-0.1, -0.05) is 47.5 Å². The number of rotatable bonds is 13. The van der Waals surface area contributed by atoms with Gasteiger partial charge >= 0.3 is 6.18 Å². The smallest absolute Gasteiger partial charge is 0.364 e. The number of thioether (sulfide) groups is 1. The van der Waals surface area contributed by atoms with Crippen LogP contribution in [0.2, 0.25) is 0 Å². The first kappa shape index (κ1) is 27.8. The Bertz CT molecular complexity index is 613. The second-order valence-corrected chi connectivity index (χ2v) is 12.1. The lowest BCUT2D eigenvalue weighted by atomic mass is 9.71. The van der Waals surface area contributed by atoms with Crippen LogP contribution in [0.15, 0.2) is 0 Å². The molecule has 2 fully saturated rings. The van der Waals surface area contributed by atoms with Crippen LogP contribution in [0.25, 0.3) is 0 Å². The zero-order valence-electron chi connectivity index (χ0n) is 21.1. The van der Waals surface area contributed by atoms with Gasteiger partial charge in [-0.05, 0) is 61.5 Å². The van der Waals surface area contributed by atoms with Gasteiger partial charge in [0.1, 0.15) is 0 Å². The lowest BCUT2D eigenvalue weighted by molar-refractivity contribution is -0.295. The van der Waals surface area contributed by atoms with Crippen molar-refractivity contribution < 1.29 is 22.7 Å². The van der Waals surface area contributed by atoms with Crippen LogP contribution in [-0.4, -0.2) is 53.3 Å². The van der Waals surface area contributed by atoms with Gasteiger partial charge in [0.25, 0.3) is 0 Å². The minimum Gasteiger partial charge on any atom is -0.364 e. The number of halogens is 3. The minimum atomic E-state index is -4.39. The molecule has 7 heteroatoms. The maximum absolute atomic E-state index is 14.6. The molecule has 3 nitrogen and oxygen atoms in total. The molecule has 0 bridgehead atoms. The van der Waals surface area contributed by atoms with E-state index in [-0.39, 0.29) is 41.4 Å². The molecule has 0 aliphatic heterocycles. The Balaban J connectivity index is 2.21. The topological polar surface area (TPSA) is 29.5 Å². The number of amides is 1. The van der Waals surface area contributed by atoms with Crippen LogP contribution in [0.4, 0.5) is 13.2 Å². The molecule has 4 atom stereocenters. The van der Waals surface area contributed by atoms with E-state index in [4.69, 9.17) is 4.74 Å². The monoisotopic (exact) mass is 479 g/mol. The summed E-state index contributed by atoms with van der Waals surface area (Å²) in [6.07, 6.45) is 2.33. The fourth-order valence-electron chi connectivity index (χ4n) is 5.06. The summed E-state index contributed by atoms with van der Waals surface area (Å²) >= 11 is 1.57. The third kappa shape index (κ3) is 6.80. The van der Waals surface area contributed by atoms with E-state index in [0.29, 0.717) is 31.8 Å². The van der Waals surface area contributed by atoms with Gasteiger partial charge in [0, 0.05) is 24.8 Å². The number of hydrogen-bond acceptors (Lipinski definition) is 3. The summed E-state index contributed by atoms with van der Waals surface area (Å²) < 4.78 is 50.0. The summed E-state index contributed by atoms with van der Waals surface area (Å²) in [4.78, 5) is 14.0. The molecule has 2 rings (SSSR count). The van der Waals surface area contributed by atoms with Crippen molar-refractivity contribution in [3.05, 3.63) is 0 Å². The molecule has 0 aromatic carbocycles. The second kappa shape index (κ2) is 10.9. The van der Waals surface area contributed by atoms with E-state index in [1.54, 1.807) is 18.7 Å². The molecule has 0 spiro atoms. The van der Waals surface area contributed by atoms with Gasteiger partial charge in [0.05, 0.1) is 6.61 Å². The lowest BCUT2D eigenvalue weighted by Gasteiger charge is -2.43. The molecule has 0 N–H and O–H groups in total. The quantitative estimate of drug-likeness (QED) is 0.286. The van der Waals surface area contributed by atoms with Crippen molar-refractivity contribution in [3.63, 3.8) is 0 Å². The van der Waals surface area contributed by atoms with E-state index in [1.165, 1.54) is 0 Å². The van der Waals surface area contributed by atoms with Gasteiger partial charge in [0.15, 0.2) is 5.60 Å². The summed E-state index contributed by atoms with van der Waals surface area (Å²) in [7, 11) is 0. The van der Waals surface area contributed by atoms with Crippen LogP contribution in [0, 0.1) is 23.2 Å². The van der Waals surface area contributed by atoms with Crippen LogP contribution in [-0.2, 0) is 9.53 Å². The lowest BCUT2D eigenvalue weighted by Crippen LogP contribution is -2.53. The average Bonchev–Trinajstić information content (AvgIpc) is 3.57. The van der Waals surface area contributed by atoms with Crippen molar-refractivity contribution in [1.82, 2.24) is 4.90 Å². The third-order valence-corrected chi connectivity index (χ3v) is 8.79. The predicted octanol–water partition coefficient (Wildman–Crippen LogP) is 6.95. The molecule has 0 aromatic heterocycles. The van der Waals surface area contributed by atoms with E-state index in [9.17, 15) is 18.0 Å². The van der Waals surface area contributed by atoms with Gasteiger partial charge in [-0.3, -0.25) is 4.79 Å². The zero-order chi connectivity index (χ0) is 24.3. The highest BCUT2D eigenvalue weighted by Crippen LogP contribution is 2.55. The Hall–Kier alpha value is -0.430. The number of hydrogen-bond donors (Lipinski definition) is 0. The molecular weight excluding hydrogens is 435 g/mol. The van der Waals surface area contributed by atoms with Crippen molar-refractivity contribution in [3.8, 4) is 0 Å². The molecular formula is C25H44F3NO2S. The van der Waals surface area contributed by atoms with Gasteiger partial charge in [-0.25, -0.2) is 0 Å². The fourth-order valence-corrected chi connectivity index (χ4v) is 5.93. The maximum atomic E-state index is 14.6. The van der Waals surface area contributed by atoms with Gasteiger partial charge in [-0.2, -0.15) is 24.9 Å². The Morgan fingerprint density at radius 3 is 2.03 bits per heavy atom. The molecule has 2 unspecified atom stereocenters. The highest BCUT2D eigenvalue weighted by molar-refractivity contribution is 7.99. The largest absolute Gasteiger partial charge is 0.417 e. The fraction of sp³-hybridized carbons (Fsp3) is 0.960. The number of ether oxygens (including phenoxy) is 1. The Kier molecular flexibility index (Phi) is 9.45. The Morgan fingerprint density at radius 2 is 1.69 bits per heavy atom. The SMILES string of the molecule is CC[C@@H](CN(C(C)=O)C1CC1)C(COC(C[C@H](CC)C(C)(C)C)(C1CC1)C(F)(F)F)SC. The molecule has 2 aliphatic carbocycles. The predicted molar refractivity (Wildman–Crippen MR) is 127 cm³/mol. The van der Waals surface area contributed by atoms with Crippen LogP contribution in [0.1, 0.15) is 86.5 Å². The highest BCUT2D eigenvalue weighted by atomic mass is 32.2. The number of carbonyl (C=O) groups excluding carboxylic acids is 1. The second-order valence-electron chi connectivity index (χ2n) is 11.0. The summed E-state index contributed by atoms with van der Waals surface area (Å²) in [6.45, 7) is 12.4. The van der Waals surface area contributed by atoms with E-state index in [2.05, 4.69) is 6.92 Å². The molecule has 0 radical (unpaired) electrons. The molecule has 2 saturated carbocycles. The molecule has 1 amide bonds. The molecule has 0 heterocycles. The molecule has 188 valence electrons.